The average Bonchev–Trinajstić information content (AvgIpc) is 3.19. The Hall–Kier alpha value is -3.61. The van der Waals surface area contributed by atoms with E-state index in [1.807, 2.05) is 62.4 Å². The van der Waals surface area contributed by atoms with Gasteiger partial charge in [-0.2, -0.15) is 10.2 Å². The third-order valence-electron chi connectivity index (χ3n) is 3.84. The van der Waals surface area contributed by atoms with Crippen LogP contribution in [0.3, 0.4) is 0 Å². The van der Waals surface area contributed by atoms with Crippen molar-refractivity contribution in [2.75, 3.05) is 7.11 Å². The van der Waals surface area contributed by atoms with E-state index in [2.05, 4.69) is 20.7 Å². The Balaban J connectivity index is 1.61. The number of benzene rings is 2. The number of carbonyl (C=O) groups excluding carboxylic acids is 1. The highest BCUT2D eigenvalue weighted by Gasteiger charge is 2.10. The zero-order valence-corrected chi connectivity index (χ0v) is 16.0. The topological polar surface area (TPSA) is 88.6 Å². The quantitative estimate of drug-likeness (QED) is 0.485. The van der Waals surface area contributed by atoms with Crippen LogP contribution in [0.5, 0.6) is 11.5 Å². The van der Waals surface area contributed by atoms with Gasteiger partial charge in [-0.05, 0) is 74.0 Å². The summed E-state index contributed by atoms with van der Waals surface area (Å²) in [5.41, 5.74) is 5.20. The van der Waals surface area contributed by atoms with Crippen molar-refractivity contribution in [2.45, 2.75) is 20.0 Å². The minimum atomic E-state index is -0.372. The zero-order valence-electron chi connectivity index (χ0n) is 16.0. The van der Waals surface area contributed by atoms with E-state index in [4.69, 9.17) is 9.47 Å². The van der Waals surface area contributed by atoms with Crippen LogP contribution in [-0.2, 0) is 0 Å². The summed E-state index contributed by atoms with van der Waals surface area (Å²) in [5, 5.41) is 10.9. The predicted octanol–water partition coefficient (Wildman–Crippen LogP) is 3.64. The van der Waals surface area contributed by atoms with E-state index in [9.17, 15) is 4.79 Å². The highest BCUT2D eigenvalue weighted by Crippen LogP contribution is 2.22. The second kappa shape index (κ2) is 8.85. The first-order valence-electron chi connectivity index (χ1n) is 8.85. The van der Waals surface area contributed by atoms with Gasteiger partial charge in [0.15, 0.2) is 0 Å². The molecule has 0 saturated carbocycles. The molecule has 1 heterocycles. The fourth-order valence-electron chi connectivity index (χ4n) is 2.48. The van der Waals surface area contributed by atoms with Gasteiger partial charge in [-0.3, -0.25) is 9.89 Å². The van der Waals surface area contributed by atoms with Gasteiger partial charge in [0.1, 0.15) is 17.2 Å². The summed E-state index contributed by atoms with van der Waals surface area (Å²) < 4.78 is 10.7. The van der Waals surface area contributed by atoms with Gasteiger partial charge in [0, 0.05) is 5.56 Å². The van der Waals surface area contributed by atoms with Gasteiger partial charge in [0.25, 0.3) is 5.91 Å². The maximum Gasteiger partial charge on any atom is 0.289 e. The molecule has 0 aliphatic heterocycles. The van der Waals surface area contributed by atoms with Gasteiger partial charge in [0.2, 0.25) is 0 Å². The van der Waals surface area contributed by atoms with Crippen molar-refractivity contribution in [1.29, 1.82) is 0 Å². The summed E-state index contributed by atoms with van der Waals surface area (Å²) in [7, 11) is 1.61. The van der Waals surface area contributed by atoms with Crippen molar-refractivity contribution < 1.29 is 14.3 Å². The van der Waals surface area contributed by atoms with Crippen molar-refractivity contribution in [3.8, 4) is 22.8 Å². The van der Waals surface area contributed by atoms with Crippen LogP contribution in [0.15, 0.2) is 59.7 Å². The van der Waals surface area contributed by atoms with Crippen LogP contribution in [0.4, 0.5) is 0 Å². The number of hydrogen-bond donors (Lipinski definition) is 2. The minimum Gasteiger partial charge on any atom is -0.497 e. The number of aromatic amines is 1. The first-order valence-corrected chi connectivity index (χ1v) is 8.85. The van der Waals surface area contributed by atoms with Crippen LogP contribution in [0.25, 0.3) is 11.3 Å². The normalized spacial score (nSPS) is 11.0. The summed E-state index contributed by atoms with van der Waals surface area (Å²) in [6.45, 7) is 3.95. The number of methoxy groups -OCH3 is 1. The molecule has 3 aromatic rings. The Morgan fingerprint density at radius 1 is 1.11 bits per heavy atom. The van der Waals surface area contributed by atoms with Crippen molar-refractivity contribution >= 4 is 12.1 Å². The lowest BCUT2D eigenvalue weighted by Crippen LogP contribution is -2.17. The fourth-order valence-corrected chi connectivity index (χ4v) is 2.48. The van der Waals surface area contributed by atoms with E-state index < -0.39 is 0 Å². The molecule has 0 unspecified atom stereocenters. The number of nitrogens with zero attached hydrogens (tertiary/aromatic N) is 2. The van der Waals surface area contributed by atoms with Gasteiger partial charge >= 0.3 is 0 Å². The largest absolute Gasteiger partial charge is 0.497 e. The molecule has 0 aliphatic carbocycles. The number of hydrogen-bond acceptors (Lipinski definition) is 5. The summed E-state index contributed by atoms with van der Waals surface area (Å²) in [6.07, 6.45) is 1.67. The molecule has 144 valence electrons. The third-order valence-corrected chi connectivity index (χ3v) is 3.84. The Kier molecular flexibility index (Phi) is 6.06. The zero-order chi connectivity index (χ0) is 19.9. The third kappa shape index (κ3) is 4.97. The summed E-state index contributed by atoms with van der Waals surface area (Å²) in [5.74, 6) is 1.18. The molecule has 7 nitrogen and oxygen atoms in total. The number of hydrazone groups is 1. The van der Waals surface area contributed by atoms with E-state index in [0.29, 0.717) is 11.4 Å². The lowest BCUT2D eigenvalue weighted by atomic mass is 10.1. The highest BCUT2D eigenvalue weighted by molar-refractivity contribution is 5.94. The van der Waals surface area contributed by atoms with Crippen molar-refractivity contribution in [3.63, 3.8) is 0 Å². The summed E-state index contributed by atoms with van der Waals surface area (Å²) >= 11 is 0. The summed E-state index contributed by atoms with van der Waals surface area (Å²) in [6, 6.07) is 16.6. The van der Waals surface area contributed by atoms with Gasteiger partial charge in [0.05, 0.1) is 25.1 Å². The Labute approximate surface area is 163 Å². The van der Waals surface area contributed by atoms with E-state index in [1.54, 1.807) is 19.4 Å². The lowest BCUT2D eigenvalue weighted by Gasteiger charge is -2.09. The van der Waals surface area contributed by atoms with Crippen LogP contribution in [0.1, 0.15) is 29.9 Å². The molecule has 28 heavy (non-hydrogen) atoms. The molecule has 7 heteroatoms. The van der Waals surface area contributed by atoms with Crippen LogP contribution >= 0.6 is 0 Å². The number of nitrogens with one attached hydrogen (secondary N) is 2. The first-order chi connectivity index (χ1) is 13.5. The molecule has 1 aromatic heterocycles. The van der Waals surface area contributed by atoms with Gasteiger partial charge in [-0.15, -0.1) is 0 Å². The molecular weight excluding hydrogens is 356 g/mol. The van der Waals surface area contributed by atoms with Crippen LogP contribution in [0.2, 0.25) is 0 Å². The number of rotatable bonds is 7. The lowest BCUT2D eigenvalue weighted by molar-refractivity contribution is 0.0950. The SMILES string of the molecule is COc1ccc(/C=N\NC(=O)c2cc(-c3ccc(OC(C)C)cc3)n[nH]2)cc1. The molecule has 0 atom stereocenters. The van der Waals surface area contributed by atoms with Gasteiger partial charge in [-0.25, -0.2) is 5.43 Å². The van der Waals surface area contributed by atoms with Crippen molar-refractivity contribution in [1.82, 2.24) is 15.6 Å². The van der Waals surface area contributed by atoms with Crippen molar-refractivity contribution in [3.05, 3.63) is 65.9 Å². The fraction of sp³-hybridized carbons (Fsp3) is 0.190. The monoisotopic (exact) mass is 378 g/mol. The molecule has 0 spiro atoms. The Morgan fingerprint density at radius 2 is 1.79 bits per heavy atom. The molecule has 3 rings (SSSR count). The number of aromatic nitrogens is 2. The average molecular weight is 378 g/mol. The molecule has 0 fully saturated rings. The summed E-state index contributed by atoms with van der Waals surface area (Å²) in [4.78, 5) is 12.2. The van der Waals surface area contributed by atoms with Gasteiger partial charge < -0.3 is 9.47 Å². The smallest absolute Gasteiger partial charge is 0.289 e. The second-order valence-corrected chi connectivity index (χ2v) is 6.33. The van der Waals surface area contributed by atoms with Crippen LogP contribution < -0.4 is 14.9 Å². The number of carbonyl (C=O) groups is 1. The molecule has 2 N–H and O–H groups in total. The highest BCUT2D eigenvalue weighted by atomic mass is 16.5. The second-order valence-electron chi connectivity index (χ2n) is 6.33. The van der Waals surface area contributed by atoms with Crippen LogP contribution in [0, 0.1) is 0 Å². The molecule has 1 amide bonds. The van der Waals surface area contributed by atoms with E-state index in [1.165, 1.54) is 0 Å². The van der Waals surface area contributed by atoms with Crippen LogP contribution in [-0.4, -0.2) is 35.5 Å². The maximum absolute atomic E-state index is 12.2. The predicted molar refractivity (Wildman–Crippen MR) is 108 cm³/mol. The molecule has 0 radical (unpaired) electrons. The van der Waals surface area contributed by atoms with E-state index in [-0.39, 0.29) is 12.0 Å². The number of amides is 1. The molecular formula is C21H22N4O3. The number of ether oxygens (including phenoxy) is 2. The standard InChI is InChI=1S/C21H22N4O3/c1-14(2)28-18-10-6-16(7-11-18)19-12-20(24-23-19)21(26)25-22-13-15-4-8-17(27-3)9-5-15/h4-14H,1-3H3,(H,23,24)(H,25,26)/b22-13-. The molecule has 0 bridgehead atoms. The molecule has 0 aliphatic rings. The van der Waals surface area contributed by atoms with E-state index >= 15 is 0 Å². The maximum atomic E-state index is 12.2. The Morgan fingerprint density at radius 3 is 2.43 bits per heavy atom. The van der Waals surface area contributed by atoms with Gasteiger partial charge in [-0.1, -0.05) is 0 Å². The molecule has 2 aromatic carbocycles. The minimum absolute atomic E-state index is 0.116. The first kappa shape index (κ1) is 19.2. The number of H-pyrrole nitrogens is 1. The van der Waals surface area contributed by atoms with Crippen molar-refractivity contribution in [2.24, 2.45) is 5.10 Å². The Bertz CT molecular complexity index is 945. The van der Waals surface area contributed by atoms with E-state index in [0.717, 1.165) is 22.6 Å². The molecule has 0 saturated heterocycles.